The Morgan fingerprint density at radius 1 is 0.879 bits per heavy atom. The number of carbonyl (C=O) groups excluding carboxylic acids is 1. The molecule has 3 aromatic rings. The molecule has 4 rings (SSSR count). The van der Waals surface area contributed by atoms with E-state index in [2.05, 4.69) is 11.5 Å². The van der Waals surface area contributed by atoms with Crippen LogP contribution in [-0.4, -0.2) is 17.0 Å². The molecule has 4 nitrogen and oxygen atoms in total. The van der Waals surface area contributed by atoms with Crippen molar-refractivity contribution in [3.63, 3.8) is 0 Å². The van der Waals surface area contributed by atoms with Gasteiger partial charge in [0.05, 0.1) is 20.8 Å². The van der Waals surface area contributed by atoms with Crippen molar-refractivity contribution >= 4 is 81.3 Å². The Hall–Kier alpha value is -1.89. The molecular formula is C24H19Cl4N3OS. The van der Waals surface area contributed by atoms with Crippen LogP contribution in [0.4, 0.5) is 11.4 Å². The molecular weight excluding hydrogens is 520 g/mol. The van der Waals surface area contributed by atoms with Gasteiger partial charge in [-0.15, -0.1) is 11.8 Å². The normalized spacial score (nSPS) is 17.1. The third-order valence-electron chi connectivity index (χ3n) is 5.04. The largest absolute Gasteiger partial charge is 0.276 e. The summed E-state index contributed by atoms with van der Waals surface area (Å²) in [6.45, 7) is 5.99. The van der Waals surface area contributed by atoms with Crippen LogP contribution in [0.3, 0.4) is 0 Å². The zero-order chi connectivity index (χ0) is 23.9. The van der Waals surface area contributed by atoms with E-state index in [4.69, 9.17) is 51.4 Å². The lowest BCUT2D eigenvalue weighted by Crippen LogP contribution is -2.36. The summed E-state index contributed by atoms with van der Waals surface area (Å²) in [6, 6.07) is 14.7. The quantitative estimate of drug-likeness (QED) is 0.366. The number of aliphatic imine (C=N–C) groups is 1. The van der Waals surface area contributed by atoms with Gasteiger partial charge in [0, 0.05) is 9.92 Å². The van der Waals surface area contributed by atoms with Crippen LogP contribution in [0.5, 0.6) is 0 Å². The minimum absolute atomic E-state index is 0.248. The van der Waals surface area contributed by atoms with E-state index in [1.165, 1.54) is 28.9 Å². The molecule has 9 heteroatoms. The Balaban J connectivity index is 1.79. The Kier molecular flexibility index (Phi) is 7.18. The maximum absolute atomic E-state index is 13.6. The van der Waals surface area contributed by atoms with E-state index >= 15 is 0 Å². The van der Waals surface area contributed by atoms with Gasteiger partial charge in [-0.1, -0.05) is 70.2 Å². The highest BCUT2D eigenvalue weighted by atomic mass is 35.5. The van der Waals surface area contributed by atoms with Crippen molar-refractivity contribution < 1.29 is 4.79 Å². The van der Waals surface area contributed by atoms with Gasteiger partial charge in [0.25, 0.3) is 5.91 Å². The lowest BCUT2D eigenvalue weighted by atomic mass is 10.2. The third kappa shape index (κ3) is 5.13. The maximum Gasteiger partial charge on any atom is 0.267 e. The second kappa shape index (κ2) is 9.77. The highest BCUT2D eigenvalue weighted by molar-refractivity contribution is 8.01. The molecule has 1 aliphatic heterocycles. The standard InChI is InChI=1S/C24H19Cl4N3OS/c1-12-5-7-20(14(3)8-12)33-22-23(29-19-6-4-13(2)9-16(19)26)30-31(24(22)32)21-17(27)10-15(25)11-18(21)28/h4-11,22H,1-3H3,(H,29,30). The zero-order valence-electron chi connectivity index (χ0n) is 17.9. The molecule has 0 radical (unpaired) electrons. The summed E-state index contributed by atoms with van der Waals surface area (Å²) >= 11 is 26.7. The van der Waals surface area contributed by atoms with Gasteiger partial charge in [-0.05, 0) is 62.2 Å². The summed E-state index contributed by atoms with van der Waals surface area (Å²) in [4.78, 5) is 19.3. The second-order valence-corrected chi connectivity index (χ2v) is 10.5. The first-order valence-corrected chi connectivity index (χ1v) is 12.4. The van der Waals surface area contributed by atoms with Crippen molar-refractivity contribution in [1.29, 1.82) is 0 Å². The average Bonchev–Trinajstić information content (AvgIpc) is 3.01. The average molecular weight is 539 g/mol. The number of amidine groups is 1. The SMILES string of the molecule is Cc1ccc(SC2C(=O)N(c3c(Cl)cc(Cl)cc3Cl)NC2=Nc2ccc(C)cc2Cl)c(C)c1. The number of anilines is 1. The molecule has 1 atom stereocenters. The van der Waals surface area contributed by atoms with E-state index in [0.717, 1.165) is 21.6 Å². The molecule has 0 saturated carbocycles. The van der Waals surface area contributed by atoms with Gasteiger partial charge >= 0.3 is 0 Å². The number of hydrogen-bond donors (Lipinski definition) is 1. The number of hydrazine groups is 1. The van der Waals surface area contributed by atoms with Crippen LogP contribution in [-0.2, 0) is 4.79 Å². The fourth-order valence-corrected chi connectivity index (χ4v) is 5.79. The van der Waals surface area contributed by atoms with Crippen LogP contribution in [0.2, 0.25) is 20.1 Å². The van der Waals surface area contributed by atoms with Gasteiger partial charge in [-0.3, -0.25) is 10.2 Å². The van der Waals surface area contributed by atoms with Crippen LogP contribution < -0.4 is 10.4 Å². The summed E-state index contributed by atoms with van der Waals surface area (Å²) in [5.41, 5.74) is 7.20. The van der Waals surface area contributed by atoms with Gasteiger partial charge in [-0.2, -0.15) is 0 Å². The highest BCUT2D eigenvalue weighted by Gasteiger charge is 2.41. The molecule has 1 N–H and O–H groups in total. The molecule has 170 valence electrons. The topological polar surface area (TPSA) is 44.7 Å². The Labute approximate surface area is 216 Å². The number of nitrogens with zero attached hydrogens (tertiary/aromatic N) is 2. The van der Waals surface area contributed by atoms with Crippen LogP contribution in [0.1, 0.15) is 16.7 Å². The van der Waals surface area contributed by atoms with E-state index in [1.807, 2.05) is 51.1 Å². The number of nitrogens with one attached hydrogen (secondary N) is 1. The lowest BCUT2D eigenvalue weighted by molar-refractivity contribution is -0.116. The van der Waals surface area contributed by atoms with Crippen molar-refractivity contribution in [1.82, 2.24) is 5.43 Å². The van der Waals surface area contributed by atoms with Gasteiger partial charge in [-0.25, -0.2) is 10.0 Å². The van der Waals surface area contributed by atoms with E-state index < -0.39 is 5.25 Å². The van der Waals surface area contributed by atoms with E-state index in [1.54, 1.807) is 0 Å². The first-order valence-electron chi connectivity index (χ1n) is 9.98. The number of carbonyl (C=O) groups is 1. The van der Waals surface area contributed by atoms with Gasteiger partial charge in [0.15, 0.2) is 0 Å². The number of rotatable bonds is 4. The number of benzene rings is 3. The molecule has 1 saturated heterocycles. The summed E-state index contributed by atoms with van der Waals surface area (Å²) in [5.74, 6) is 0.172. The number of amides is 1. The van der Waals surface area contributed by atoms with Gasteiger partial charge in [0.1, 0.15) is 16.8 Å². The summed E-state index contributed by atoms with van der Waals surface area (Å²) in [7, 11) is 0. The first kappa shape index (κ1) is 24.2. The number of thioether (sulfide) groups is 1. The summed E-state index contributed by atoms with van der Waals surface area (Å²) < 4.78 is 0. The second-order valence-electron chi connectivity index (χ2n) is 7.72. The molecule has 1 aliphatic rings. The van der Waals surface area contributed by atoms with Crippen molar-refractivity contribution in [2.75, 3.05) is 5.01 Å². The fourth-order valence-electron chi connectivity index (χ4n) is 3.46. The fraction of sp³-hybridized carbons (Fsp3) is 0.167. The molecule has 0 aliphatic carbocycles. The molecule has 3 aromatic carbocycles. The number of aryl methyl sites for hydroxylation is 3. The number of hydrogen-bond acceptors (Lipinski definition) is 3. The van der Waals surface area contributed by atoms with Crippen molar-refractivity contribution in [3.05, 3.63) is 85.3 Å². The Bertz CT molecular complexity index is 1270. The van der Waals surface area contributed by atoms with Crippen LogP contribution >= 0.6 is 58.2 Å². The highest BCUT2D eigenvalue weighted by Crippen LogP contribution is 2.40. The minimum Gasteiger partial charge on any atom is -0.276 e. The molecule has 0 bridgehead atoms. The van der Waals surface area contributed by atoms with Crippen molar-refractivity contribution in [2.45, 2.75) is 30.9 Å². The van der Waals surface area contributed by atoms with E-state index in [0.29, 0.717) is 27.3 Å². The van der Waals surface area contributed by atoms with Crippen molar-refractivity contribution in [2.24, 2.45) is 4.99 Å². The molecule has 0 spiro atoms. The molecule has 1 heterocycles. The maximum atomic E-state index is 13.6. The predicted octanol–water partition coefficient (Wildman–Crippen LogP) is 7.97. The van der Waals surface area contributed by atoms with Crippen LogP contribution in [0, 0.1) is 20.8 Å². The molecule has 1 amide bonds. The number of halogens is 4. The first-order chi connectivity index (χ1) is 15.6. The minimum atomic E-state index is -0.661. The Morgan fingerprint density at radius 3 is 2.15 bits per heavy atom. The van der Waals surface area contributed by atoms with Crippen LogP contribution in [0.25, 0.3) is 0 Å². The Morgan fingerprint density at radius 2 is 1.52 bits per heavy atom. The summed E-state index contributed by atoms with van der Waals surface area (Å²) in [6.07, 6.45) is 0. The van der Waals surface area contributed by atoms with E-state index in [9.17, 15) is 4.79 Å². The molecule has 33 heavy (non-hydrogen) atoms. The molecule has 1 fully saturated rings. The zero-order valence-corrected chi connectivity index (χ0v) is 21.8. The lowest BCUT2D eigenvalue weighted by Gasteiger charge is -2.19. The van der Waals surface area contributed by atoms with Gasteiger partial charge < -0.3 is 0 Å². The molecule has 0 aromatic heterocycles. The predicted molar refractivity (Wildman–Crippen MR) is 141 cm³/mol. The van der Waals surface area contributed by atoms with Gasteiger partial charge in [0.2, 0.25) is 0 Å². The van der Waals surface area contributed by atoms with E-state index in [-0.39, 0.29) is 16.0 Å². The molecule has 1 unspecified atom stereocenters. The van der Waals surface area contributed by atoms with Crippen LogP contribution in [0.15, 0.2) is 58.4 Å². The monoisotopic (exact) mass is 537 g/mol. The van der Waals surface area contributed by atoms with Crippen molar-refractivity contribution in [3.8, 4) is 0 Å². The third-order valence-corrected chi connectivity index (χ3v) is 7.51. The summed E-state index contributed by atoms with van der Waals surface area (Å²) in [5, 5.41) is 2.03. The smallest absolute Gasteiger partial charge is 0.267 e.